The molecule has 158 valence electrons. The summed E-state index contributed by atoms with van der Waals surface area (Å²) in [5, 5.41) is 0. The van der Waals surface area contributed by atoms with Crippen LogP contribution in [0.5, 0.6) is 0 Å². The first kappa shape index (κ1) is 26.4. The lowest BCUT2D eigenvalue weighted by Crippen LogP contribution is -2.01. The SMILES string of the molecule is CCCCCCCCCCOP(=O)(CCl)OCCCCCCCCCC. The summed E-state index contributed by atoms with van der Waals surface area (Å²) in [6.45, 7) is 5.47. The van der Waals surface area contributed by atoms with Crippen molar-refractivity contribution in [2.24, 2.45) is 0 Å². The Morgan fingerprint density at radius 2 is 0.885 bits per heavy atom. The van der Waals surface area contributed by atoms with Gasteiger partial charge in [0.15, 0.2) is 0 Å². The van der Waals surface area contributed by atoms with E-state index in [1.165, 1.54) is 77.0 Å². The first-order valence-electron chi connectivity index (χ1n) is 11.1. The Kier molecular flexibility index (Phi) is 20.5. The fourth-order valence-electron chi connectivity index (χ4n) is 2.99. The third-order valence-electron chi connectivity index (χ3n) is 4.72. The molecule has 0 aliphatic carbocycles. The lowest BCUT2D eigenvalue weighted by Gasteiger charge is -2.16. The van der Waals surface area contributed by atoms with E-state index >= 15 is 0 Å². The first-order valence-corrected chi connectivity index (χ1v) is 13.4. The first-order chi connectivity index (χ1) is 12.7. The molecule has 0 saturated heterocycles. The summed E-state index contributed by atoms with van der Waals surface area (Å²) in [5.41, 5.74) is -0.0406. The van der Waals surface area contributed by atoms with Gasteiger partial charge in [0.05, 0.1) is 13.2 Å². The quantitative estimate of drug-likeness (QED) is 0.108. The standard InChI is InChI=1S/C21H44ClO3P/c1-3-5-7-9-11-13-15-17-19-24-26(23,21-22)25-20-18-16-14-12-10-8-6-4-2/h3-21H2,1-2H3. The van der Waals surface area contributed by atoms with Gasteiger partial charge in [0.2, 0.25) is 0 Å². The van der Waals surface area contributed by atoms with Crippen molar-refractivity contribution in [2.45, 2.75) is 117 Å². The maximum Gasteiger partial charge on any atom is 0.345 e. The van der Waals surface area contributed by atoms with Gasteiger partial charge in [0.1, 0.15) is 5.62 Å². The molecule has 0 aromatic rings. The Hall–Kier alpha value is 0.440. The van der Waals surface area contributed by atoms with Crippen LogP contribution in [-0.2, 0) is 13.6 Å². The summed E-state index contributed by atoms with van der Waals surface area (Å²) in [4.78, 5) is 0. The van der Waals surface area contributed by atoms with Crippen LogP contribution in [0.25, 0.3) is 0 Å². The van der Waals surface area contributed by atoms with E-state index in [2.05, 4.69) is 13.8 Å². The van der Waals surface area contributed by atoms with E-state index in [4.69, 9.17) is 20.6 Å². The number of hydrogen-bond donors (Lipinski definition) is 0. The van der Waals surface area contributed by atoms with E-state index < -0.39 is 7.60 Å². The van der Waals surface area contributed by atoms with Crippen LogP contribution in [0.1, 0.15) is 117 Å². The average Bonchev–Trinajstić information content (AvgIpc) is 2.65. The average molecular weight is 411 g/mol. The molecule has 3 nitrogen and oxygen atoms in total. The molecule has 26 heavy (non-hydrogen) atoms. The smallest absolute Gasteiger partial charge is 0.308 e. The summed E-state index contributed by atoms with van der Waals surface area (Å²) < 4.78 is 23.4. The van der Waals surface area contributed by atoms with Crippen LogP contribution in [0.3, 0.4) is 0 Å². The Balaban J connectivity index is 3.51. The molecule has 0 heterocycles. The Morgan fingerprint density at radius 1 is 0.577 bits per heavy atom. The number of hydrogen-bond acceptors (Lipinski definition) is 3. The van der Waals surface area contributed by atoms with Gasteiger partial charge in [0.25, 0.3) is 0 Å². The topological polar surface area (TPSA) is 35.5 Å². The molecule has 0 N–H and O–H groups in total. The molecule has 0 fully saturated rings. The predicted molar refractivity (Wildman–Crippen MR) is 115 cm³/mol. The van der Waals surface area contributed by atoms with Crippen LogP contribution in [0.15, 0.2) is 0 Å². The van der Waals surface area contributed by atoms with Crippen molar-refractivity contribution in [3.05, 3.63) is 0 Å². The number of halogens is 1. The van der Waals surface area contributed by atoms with E-state index in [-0.39, 0.29) is 5.62 Å². The van der Waals surface area contributed by atoms with Gasteiger partial charge in [-0.1, -0.05) is 104 Å². The van der Waals surface area contributed by atoms with Crippen molar-refractivity contribution < 1.29 is 13.6 Å². The number of rotatable bonds is 21. The second-order valence-corrected chi connectivity index (χ2v) is 10.0. The molecule has 0 rings (SSSR count). The highest BCUT2D eigenvalue weighted by Crippen LogP contribution is 2.49. The third kappa shape index (κ3) is 17.8. The zero-order valence-electron chi connectivity index (χ0n) is 17.5. The summed E-state index contributed by atoms with van der Waals surface area (Å²) in [6.07, 6.45) is 19.8. The van der Waals surface area contributed by atoms with Gasteiger partial charge in [-0.05, 0) is 12.8 Å². The van der Waals surface area contributed by atoms with Crippen LogP contribution in [0, 0.1) is 0 Å². The monoisotopic (exact) mass is 410 g/mol. The van der Waals surface area contributed by atoms with E-state index in [0.717, 1.165) is 25.7 Å². The normalized spacial score (nSPS) is 12.0. The molecule has 0 atom stereocenters. The Morgan fingerprint density at radius 3 is 1.19 bits per heavy atom. The van der Waals surface area contributed by atoms with Crippen molar-refractivity contribution in [2.75, 3.05) is 18.8 Å². The molecule has 0 aliphatic heterocycles. The van der Waals surface area contributed by atoms with Crippen molar-refractivity contribution in [1.29, 1.82) is 0 Å². The number of alkyl halides is 1. The van der Waals surface area contributed by atoms with Crippen LogP contribution >= 0.6 is 19.2 Å². The molecule has 0 amide bonds. The fraction of sp³-hybridized carbons (Fsp3) is 1.00. The molecule has 0 bridgehead atoms. The molecular formula is C21H44ClO3P. The van der Waals surface area contributed by atoms with Crippen molar-refractivity contribution in [3.63, 3.8) is 0 Å². The summed E-state index contributed by atoms with van der Waals surface area (Å²) in [7, 11) is -3.08. The van der Waals surface area contributed by atoms with Crippen LogP contribution in [-0.4, -0.2) is 18.8 Å². The molecule has 0 aromatic carbocycles. The molecule has 0 radical (unpaired) electrons. The minimum absolute atomic E-state index is 0.0406. The minimum Gasteiger partial charge on any atom is -0.308 e. The van der Waals surface area contributed by atoms with E-state index in [1.54, 1.807) is 0 Å². The molecule has 0 aromatic heterocycles. The lowest BCUT2D eigenvalue weighted by atomic mass is 10.1. The summed E-state index contributed by atoms with van der Waals surface area (Å²) in [6, 6.07) is 0. The Labute approximate surface area is 168 Å². The van der Waals surface area contributed by atoms with Gasteiger partial charge in [-0.15, -0.1) is 11.6 Å². The summed E-state index contributed by atoms with van der Waals surface area (Å²) >= 11 is 5.82. The maximum atomic E-state index is 12.4. The van der Waals surface area contributed by atoms with Crippen LogP contribution in [0.2, 0.25) is 0 Å². The van der Waals surface area contributed by atoms with Crippen molar-refractivity contribution >= 4 is 19.2 Å². The zero-order valence-corrected chi connectivity index (χ0v) is 19.1. The second-order valence-electron chi connectivity index (χ2n) is 7.35. The van der Waals surface area contributed by atoms with E-state index in [1.807, 2.05) is 0 Å². The molecular weight excluding hydrogens is 367 g/mol. The maximum absolute atomic E-state index is 12.4. The molecule has 0 saturated carbocycles. The zero-order chi connectivity index (χ0) is 19.3. The highest BCUT2D eigenvalue weighted by molar-refractivity contribution is 7.55. The molecule has 0 aliphatic rings. The van der Waals surface area contributed by atoms with Crippen molar-refractivity contribution in [3.8, 4) is 0 Å². The third-order valence-corrected chi connectivity index (χ3v) is 7.04. The fourth-order valence-corrected chi connectivity index (χ4v) is 4.43. The van der Waals surface area contributed by atoms with Crippen LogP contribution in [0.4, 0.5) is 0 Å². The highest BCUT2D eigenvalue weighted by atomic mass is 35.5. The van der Waals surface area contributed by atoms with Crippen LogP contribution < -0.4 is 0 Å². The molecule has 0 spiro atoms. The lowest BCUT2D eigenvalue weighted by molar-refractivity contribution is 0.201. The predicted octanol–water partition coefficient (Wildman–Crippen LogP) is 8.69. The molecule has 5 heteroatoms. The van der Waals surface area contributed by atoms with Crippen molar-refractivity contribution in [1.82, 2.24) is 0 Å². The van der Waals surface area contributed by atoms with Gasteiger partial charge >= 0.3 is 7.60 Å². The van der Waals surface area contributed by atoms with Gasteiger partial charge < -0.3 is 9.05 Å². The van der Waals surface area contributed by atoms with E-state index in [9.17, 15) is 4.57 Å². The summed E-state index contributed by atoms with van der Waals surface area (Å²) in [5.74, 6) is 0. The largest absolute Gasteiger partial charge is 0.345 e. The van der Waals surface area contributed by atoms with Gasteiger partial charge in [-0.3, -0.25) is 4.57 Å². The van der Waals surface area contributed by atoms with Gasteiger partial charge in [-0.25, -0.2) is 0 Å². The Bertz CT molecular complexity index is 300. The van der Waals surface area contributed by atoms with E-state index in [0.29, 0.717) is 13.2 Å². The minimum atomic E-state index is -3.08. The molecule has 0 unspecified atom stereocenters. The van der Waals surface area contributed by atoms with Gasteiger partial charge in [-0.2, -0.15) is 0 Å². The second kappa shape index (κ2) is 20.2. The van der Waals surface area contributed by atoms with Gasteiger partial charge in [0, 0.05) is 0 Å². The number of unbranched alkanes of at least 4 members (excludes halogenated alkanes) is 14. The highest BCUT2D eigenvalue weighted by Gasteiger charge is 2.22.